The molecule has 1 saturated carbocycles. The number of carboxylic acid groups (broad SMARTS) is 1. The number of ether oxygens (including phenoxy) is 1. The highest BCUT2D eigenvalue weighted by atomic mass is 28.3. The summed E-state index contributed by atoms with van der Waals surface area (Å²) in [4.78, 5) is 31.6. The minimum absolute atomic E-state index is 0.00529. The number of hydrogen-bond donors (Lipinski definition) is 2. The second-order valence-electron chi connectivity index (χ2n) is 13.5. The van der Waals surface area contributed by atoms with Crippen molar-refractivity contribution in [3.8, 4) is 5.82 Å². The van der Waals surface area contributed by atoms with Gasteiger partial charge in [0, 0.05) is 56.2 Å². The molecular weight excluding hydrogens is 536 g/mol. The van der Waals surface area contributed by atoms with E-state index in [1.54, 1.807) is 22.0 Å². The number of nitrogens with zero attached hydrogens (tertiary/aromatic N) is 5. The fourth-order valence-corrected chi connectivity index (χ4v) is 6.64. The van der Waals surface area contributed by atoms with Gasteiger partial charge in [-0.3, -0.25) is 9.36 Å². The summed E-state index contributed by atoms with van der Waals surface area (Å²) in [5, 5.41) is 18.3. The molecule has 0 bridgehead atoms. The van der Waals surface area contributed by atoms with Gasteiger partial charge in [-0.25, -0.2) is 14.5 Å². The van der Waals surface area contributed by atoms with Crippen LogP contribution in [-0.4, -0.2) is 67.6 Å². The van der Waals surface area contributed by atoms with Crippen LogP contribution in [0, 0.1) is 11.8 Å². The van der Waals surface area contributed by atoms with Crippen LogP contribution in [-0.2, 0) is 16.3 Å². The summed E-state index contributed by atoms with van der Waals surface area (Å²) in [5.74, 6) is 0.929. The summed E-state index contributed by atoms with van der Waals surface area (Å²) in [6.45, 7) is 15.8. The molecule has 3 heterocycles. The molecule has 1 aliphatic rings. The normalized spacial score (nSPS) is 18.8. The summed E-state index contributed by atoms with van der Waals surface area (Å²) in [6, 6.07) is 6.68. The number of carbonyl (C=O) groups excluding carboxylic acids is 1. The number of amides is 2. The zero-order valence-corrected chi connectivity index (χ0v) is 26.6. The van der Waals surface area contributed by atoms with Gasteiger partial charge >= 0.3 is 6.09 Å². The third-order valence-electron chi connectivity index (χ3n) is 8.15. The Balaban J connectivity index is 1.48. The highest BCUT2D eigenvalue weighted by Gasteiger charge is 2.37. The van der Waals surface area contributed by atoms with Gasteiger partial charge in [0.25, 0.3) is 0 Å². The first-order valence-electron chi connectivity index (χ1n) is 14.7. The van der Waals surface area contributed by atoms with Crippen molar-refractivity contribution in [1.29, 1.82) is 0 Å². The van der Waals surface area contributed by atoms with Gasteiger partial charge < -0.3 is 20.1 Å². The van der Waals surface area contributed by atoms with Crippen molar-refractivity contribution >= 4 is 36.8 Å². The Morgan fingerprint density at radius 1 is 1.20 bits per heavy atom. The first-order chi connectivity index (χ1) is 19.3. The number of rotatable bonds is 10. The Hall–Kier alpha value is -3.18. The largest absolute Gasteiger partial charge is 0.465 e. The van der Waals surface area contributed by atoms with Gasteiger partial charge in [0.2, 0.25) is 5.91 Å². The fraction of sp³-hybridized carbons (Fsp3) is 0.600. The molecule has 0 aromatic carbocycles. The van der Waals surface area contributed by atoms with Gasteiger partial charge in [0.15, 0.2) is 0 Å². The Bertz CT molecular complexity index is 1330. The minimum Gasteiger partial charge on any atom is -0.465 e. The topological polar surface area (TPSA) is 115 Å². The third kappa shape index (κ3) is 7.37. The SMILES string of the molecule is CC(C1CCC(C(=O)Nc2ccnc3c2cc(-n2cccn2)n3COCC[Si](C)(C)C)CC1)N(C(=O)O)C(C)(C)C. The van der Waals surface area contributed by atoms with E-state index in [-0.39, 0.29) is 23.8 Å². The van der Waals surface area contributed by atoms with Crippen LogP contribution in [0.15, 0.2) is 36.8 Å². The Morgan fingerprint density at radius 3 is 2.49 bits per heavy atom. The van der Waals surface area contributed by atoms with E-state index in [4.69, 9.17) is 4.74 Å². The average molecular weight is 583 g/mol. The summed E-state index contributed by atoms with van der Waals surface area (Å²) in [7, 11) is -1.22. The number of hydrogen-bond acceptors (Lipinski definition) is 5. The van der Waals surface area contributed by atoms with Crippen LogP contribution in [0.5, 0.6) is 0 Å². The van der Waals surface area contributed by atoms with Crippen molar-refractivity contribution in [3.63, 3.8) is 0 Å². The molecule has 1 aliphatic carbocycles. The van der Waals surface area contributed by atoms with Crippen LogP contribution in [0.1, 0.15) is 53.4 Å². The maximum atomic E-state index is 13.4. The maximum absolute atomic E-state index is 13.4. The number of fused-ring (bicyclic) bond motifs is 1. The Kier molecular flexibility index (Phi) is 9.28. The molecule has 3 aromatic rings. The quantitative estimate of drug-likeness (QED) is 0.210. The molecule has 0 radical (unpaired) electrons. The summed E-state index contributed by atoms with van der Waals surface area (Å²) >= 11 is 0. The van der Waals surface area contributed by atoms with Gasteiger partial charge in [-0.05, 0) is 83.5 Å². The molecule has 0 saturated heterocycles. The van der Waals surface area contributed by atoms with Gasteiger partial charge in [0.1, 0.15) is 18.2 Å². The van der Waals surface area contributed by atoms with Crippen LogP contribution in [0.3, 0.4) is 0 Å². The summed E-state index contributed by atoms with van der Waals surface area (Å²) in [5.41, 5.74) is 0.973. The van der Waals surface area contributed by atoms with Crippen molar-refractivity contribution in [2.24, 2.45) is 11.8 Å². The molecule has 2 amide bonds. The monoisotopic (exact) mass is 582 g/mol. The molecule has 224 valence electrons. The predicted octanol–water partition coefficient (Wildman–Crippen LogP) is 6.45. The molecule has 1 atom stereocenters. The van der Waals surface area contributed by atoms with E-state index >= 15 is 0 Å². The van der Waals surface area contributed by atoms with Crippen molar-refractivity contribution in [2.75, 3.05) is 11.9 Å². The van der Waals surface area contributed by atoms with Gasteiger partial charge in [-0.1, -0.05) is 19.6 Å². The zero-order valence-electron chi connectivity index (χ0n) is 25.6. The predicted molar refractivity (Wildman–Crippen MR) is 164 cm³/mol. The lowest BCUT2D eigenvalue weighted by molar-refractivity contribution is -0.121. The van der Waals surface area contributed by atoms with E-state index < -0.39 is 19.7 Å². The molecule has 11 heteroatoms. The first-order valence-corrected chi connectivity index (χ1v) is 18.4. The van der Waals surface area contributed by atoms with Crippen LogP contribution in [0.2, 0.25) is 25.7 Å². The number of carbonyl (C=O) groups is 2. The van der Waals surface area contributed by atoms with Crippen molar-refractivity contribution in [2.45, 2.75) is 97.4 Å². The van der Waals surface area contributed by atoms with Crippen LogP contribution >= 0.6 is 0 Å². The molecule has 1 unspecified atom stereocenters. The van der Waals surface area contributed by atoms with E-state index in [1.807, 2.05) is 56.7 Å². The van der Waals surface area contributed by atoms with Crippen LogP contribution in [0.4, 0.5) is 10.5 Å². The lowest BCUT2D eigenvalue weighted by Crippen LogP contribution is -2.53. The number of pyridine rings is 1. The fourth-order valence-electron chi connectivity index (χ4n) is 5.88. The van der Waals surface area contributed by atoms with E-state index in [0.717, 1.165) is 54.3 Å². The standard InChI is InChI=1S/C30H46N6O4Si/c1-21(36(29(38)39)30(2,3)4)22-9-11-23(12-10-22)28(37)33-25-13-15-31-27-24(25)19-26(35-16-8-14-32-35)34(27)20-40-17-18-41(5,6)7/h8,13-16,19,21-23H,9-12,17-18,20H2,1-7H3,(H,38,39)(H,31,33,37). The molecule has 4 rings (SSSR count). The van der Waals surface area contributed by atoms with Crippen molar-refractivity contribution in [1.82, 2.24) is 24.2 Å². The molecule has 3 aromatic heterocycles. The van der Waals surface area contributed by atoms with Crippen LogP contribution < -0.4 is 5.32 Å². The van der Waals surface area contributed by atoms with Gasteiger partial charge in [-0.2, -0.15) is 5.10 Å². The molecule has 41 heavy (non-hydrogen) atoms. The van der Waals surface area contributed by atoms with E-state index in [1.165, 1.54) is 0 Å². The van der Waals surface area contributed by atoms with Crippen molar-refractivity contribution in [3.05, 3.63) is 36.8 Å². The van der Waals surface area contributed by atoms with E-state index in [9.17, 15) is 14.7 Å². The second-order valence-corrected chi connectivity index (χ2v) is 19.1. The van der Waals surface area contributed by atoms with Crippen LogP contribution in [0.25, 0.3) is 16.9 Å². The first kappa shape index (κ1) is 30.8. The Labute approximate surface area is 244 Å². The molecule has 10 nitrogen and oxygen atoms in total. The lowest BCUT2D eigenvalue weighted by Gasteiger charge is -2.43. The average Bonchev–Trinajstić information content (AvgIpc) is 3.54. The Morgan fingerprint density at radius 2 is 1.90 bits per heavy atom. The molecular formula is C30H46N6O4Si. The third-order valence-corrected chi connectivity index (χ3v) is 9.85. The van der Waals surface area contributed by atoms with Gasteiger partial charge in [0.05, 0.1) is 5.69 Å². The smallest absolute Gasteiger partial charge is 0.407 e. The number of nitrogens with one attached hydrogen (secondary N) is 1. The summed E-state index contributed by atoms with van der Waals surface area (Å²) in [6.07, 6.45) is 7.55. The number of aromatic nitrogens is 4. The number of anilines is 1. The molecule has 0 aliphatic heterocycles. The summed E-state index contributed by atoms with van der Waals surface area (Å²) < 4.78 is 9.87. The van der Waals surface area contributed by atoms with Crippen molar-refractivity contribution < 1.29 is 19.4 Å². The lowest BCUT2D eigenvalue weighted by atomic mass is 9.77. The minimum atomic E-state index is -1.22. The molecule has 1 fully saturated rings. The zero-order chi connectivity index (χ0) is 29.9. The molecule has 2 N–H and O–H groups in total. The highest BCUT2D eigenvalue weighted by molar-refractivity contribution is 6.76. The van der Waals surface area contributed by atoms with E-state index in [2.05, 4.69) is 35.0 Å². The highest BCUT2D eigenvalue weighted by Crippen LogP contribution is 2.36. The van der Waals surface area contributed by atoms with E-state index in [0.29, 0.717) is 13.3 Å². The maximum Gasteiger partial charge on any atom is 0.407 e. The second kappa shape index (κ2) is 12.4. The van der Waals surface area contributed by atoms with Gasteiger partial charge in [-0.15, -0.1) is 0 Å². The molecule has 0 spiro atoms.